The number of piperidine rings is 1. The van der Waals surface area contributed by atoms with Crippen molar-refractivity contribution in [2.45, 2.75) is 37.2 Å². The molecule has 1 saturated heterocycles. The summed E-state index contributed by atoms with van der Waals surface area (Å²) in [5.41, 5.74) is 1.76. The van der Waals surface area contributed by atoms with Crippen LogP contribution in [0, 0.1) is 0 Å². The Morgan fingerprint density at radius 1 is 1.03 bits per heavy atom. The second-order valence-corrected chi connectivity index (χ2v) is 9.32. The van der Waals surface area contributed by atoms with E-state index in [1.165, 1.54) is 0 Å². The molecule has 0 bridgehead atoms. The molecule has 2 aromatic carbocycles. The summed E-state index contributed by atoms with van der Waals surface area (Å²) in [6.45, 7) is 2.10. The molecular formula is C21H28ClIN4O2S. The Kier molecular flexibility index (Phi) is 9.86. The van der Waals surface area contributed by atoms with E-state index in [4.69, 9.17) is 11.6 Å². The summed E-state index contributed by atoms with van der Waals surface area (Å²) < 4.78 is 27.8. The molecular weight excluding hydrogens is 535 g/mol. The van der Waals surface area contributed by atoms with Gasteiger partial charge in [-0.3, -0.25) is 4.99 Å². The van der Waals surface area contributed by atoms with Crippen LogP contribution < -0.4 is 10.6 Å². The van der Waals surface area contributed by atoms with Crippen LogP contribution in [0.25, 0.3) is 0 Å². The maximum atomic E-state index is 13.1. The molecule has 0 amide bonds. The fraction of sp³-hybridized carbons (Fsp3) is 0.381. The number of sulfonamides is 1. The minimum atomic E-state index is -3.49. The Hall–Kier alpha value is -1.36. The molecule has 6 nitrogen and oxygen atoms in total. The van der Waals surface area contributed by atoms with Crippen LogP contribution in [0.5, 0.6) is 0 Å². The zero-order valence-electron chi connectivity index (χ0n) is 17.0. The first-order valence-corrected chi connectivity index (χ1v) is 11.6. The molecule has 1 heterocycles. The molecule has 0 unspecified atom stereocenters. The lowest BCUT2D eigenvalue weighted by molar-refractivity contribution is 0.346. The van der Waals surface area contributed by atoms with Crippen molar-refractivity contribution in [3.8, 4) is 0 Å². The Morgan fingerprint density at radius 2 is 1.73 bits per heavy atom. The van der Waals surface area contributed by atoms with E-state index in [1.54, 1.807) is 23.5 Å². The molecule has 2 N–H and O–H groups in total. The molecule has 0 aliphatic carbocycles. The molecule has 0 spiro atoms. The lowest BCUT2D eigenvalue weighted by Gasteiger charge is -2.27. The maximum Gasteiger partial charge on any atom is 0.243 e. The molecule has 30 heavy (non-hydrogen) atoms. The van der Waals surface area contributed by atoms with E-state index in [9.17, 15) is 8.42 Å². The van der Waals surface area contributed by atoms with Crippen molar-refractivity contribution in [2.24, 2.45) is 4.99 Å². The van der Waals surface area contributed by atoms with Gasteiger partial charge in [0.15, 0.2) is 5.96 Å². The third-order valence-electron chi connectivity index (χ3n) is 4.92. The molecule has 0 saturated carbocycles. The summed E-state index contributed by atoms with van der Waals surface area (Å²) in [6.07, 6.45) is 2.92. The standard InChI is InChI=1S/C21H27ClN4O2S.HI/c1-23-21(24-15-17-8-7-10-19(22)14-17)25-16-18-9-3-4-11-20(18)29(27,28)26-12-5-2-6-13-26;/h3-4,7-11,14H,2,5-6,12-13,15-16H2,1H3,(H2,23,24,25);1H. The van der Waals surface area contributed by atoms with Crippen LogP contribution >= 0.6 is 35.6 Å². The zero-order valence-corrected chi connectivity index (χ0v) is 20.9. The second kappa shape index (κ2) is 11.9. The number of aliphatic imine (C=N–C) groups is 1. The van der Waals surface area contributed by atoms with E-state index >= 15 is 0 Å². The van der Waals surface area contributed by atoms with Gasteiger partial charge in [0.05, 0.1) is 4.90 Å². The fourth-order valence-electron chi connectivity index (χ4n) is 3.38. The van der Waals surface area contributed by atoms with Crippen LogP contribution in [0.2, 0.25) is 5.02 Å². The van der Waals surface area contributed by atoms with E-state index in [0.717, 1.165) is 30.4 Å². The SMILES string of the molecule is CN=C(NCc1cccc(Cl)c1)NCc1ccccc1S(=O)(=O)N1CCCCC1.I. The largest absolute Gasteiger partial charge is 0.352 e. The molecule has 1 aliphatic rings. The van der Waals surface area contributed by atoms with Crippen molar-refractivity contribution < 1.29 is 8.42 Å². The summed E-state index contributed by atoms with van der Waals surface area (Å²) in [6, 6.07) is 14.8. The Morgan fingerprint density at radius 3 is 2.43 bits per heavy atom. The lowest BCUT2D eigenvalue weighted by atomic mass is 10.2. The summed E-state index contributed by atoms with van der Waals surface area (Å²) in [7, 11) is -1.80. The quantitative estimate of drug-likeness (QED) is 0.317. The Labute approximate surface area is 201 Å². The van der Waals surface area contributed by atoms with Gasteiger partial charge in [-0.2, -0.15) is 4.31 Å². The Bertz CT molecular complexity index is 963. The molecule has 164 valence electrons. The molecule has 0 atom stereocenters. The average Bonchev–Trinajstić information content (AvgIpc) is 2.75. The van der Waals surface area contributed by atoms with Crippen LogP contribution in [0.1, 0.15) is 30.4 Å². The topological polar surface area (TPSA) is 73.8 Å². The van der Waals surface area contributed by atoms with E-state index in [1.807, 2.05) is 36.4 Å². The summed E-state index contributed by atoms with van der Waals surface area (Å²) in [5.74, 6) is 0.593. The van der Waals surface area contributed by atoms with Gasteiger partial charge in [0.2, 0.25) is 10.0 Å². The minimum Gasteiger partial charge on any atom is -0.352 e. The fourth-order valence-corrected chi connectivity index (χ4v) is 5.33. The van der Waals surface area contributed by atoms with Gasteiger partial charge in [-0.1, -0.05) is 48.4 Å². The third kappa shape index (κ3) is 6.57. The van der Waals surface area contributed by atoms with Crippen LogP contribution in [-0.2, 0) is 23.1 Å². The van der Waals surface area contributed by atoms with Crippen molar-refractivity contribution in [2.75, 3.05) is 20.1 Å². The van der Waals surface area contributed by atoms with Gasteiger partial charge in [-0.25, -0.2) is 8.42 Å². The summed E-state index contributed by atoms with van der Waals surface area (Å²) in [5, 5.41) is 7.12. The van der Waals surface area contributed by atoms with Gasteiger partial charge < -0.3 is 10.6 Å². The second-order valence-electron chi connectivity index (χ2n) is 6.98. The summed E-state index contributed by atoms with van der Waals surface area (Å²) in [4.78, 5) is 4.58. The zero-order chi connectivity index (χ0) is 20.7. The van der Waals surface area contributed by atoms with Gasteiger partial charge in [0, 0.05) is 38.2 Å². The van der Waals surface area contributed by atoms with Crippen molar-refractivity contribution >= 4 is 51.6 Å². The van der Waals surface area contributed by atoms with Gasteiger partial charge in [-0.05, 0) is 42.2 Å². The minimum absolute atomic E-state index is 0. The van der Waals surface area contributed by atoms with E-state index in [2.05, 4.69) is 15.6 Å². The van der Waals surface area contributed by atoms with Crippen molar-refractivity contribution in [3.63, 3.8) is 0 Å². The normalized spacial score (nSPS) is 15.3. The molecule has 0 radical (unpaired) electrons. The van der Waals surface area contributed by atoms with Crippen LogP contribution in [-0.4, -0.2) is 38.8 Å². The first-order valence-electron chi connectivity index (χ1n) is 9.78. The highest BCUT2D eigenvalue weighted by Gasteiger charge is 2.27. The van der Waals surface area contributed by atoms with Gasteiger partial charge in [0.25, 0.3) is 0 Å². The number of nitrogens with zero attached hydrogens (tertiary/aromatic N) is 2. The average molecular weight is 563 g/mol. The molecule has 0 aromatic heterocycles. The smallest absolute Gasteiger partial charge is 0.243 e. The molecule has 1 aliphatic heterocycles. The lowest BCUT2D eigenvalue weighted by Crippen LogP contribution is -2.38. The molecule has 2 aromatic rings. The van der Waals surface area contributed by atoms with E-state index in [-0.39, 0.29) is 24.0 Å². The third-order valence-corrected chi connectivity index (χ3v) is 7.16. The van der Waals surface area contributed by atoms with E-state index in [0.29, 0.717) is 42.1 Å². The highest BCUT2D eigenvalue weighted by molar-refractivity contribution is 14.0. The maximum absolute atomic E-state index is 13.1. The number of rotatable bonds is 6. The van der Waals surface area contributed by atoms with Crippen molar-refractivity contribution in [3.05, 3.63) is 64.7 Å². The van der Waals surface area contributed by atoms with Gasteiger partial charge >= 0.3 is 0 Å². The van der Waals surface area contributed by atoms with Crippen molar-refractivity contribution in [1.82, 2.24) is 14.9 Å². The molecule has 1 fully saturated rings. The number of guanidine groups is 1. The number of hydrogen-bond donors (Lipinski definition) is 2. The molecule has 3 rings (SSSR count). The first-order chi connectivity index (χ1) is 14.0. The van der Waals surface area contributed by atoms with Crippen LogP contribution in [0.15, 0.2) is 58.4 Å². The predicted molar refractivity (Wildman–Crippen MR) is 133 cm³/mol. The molecule has 9 heteroatoms. The highest BCUT2D eigenvalue weighted by Crippen LogP contribution is 2.23. The predicted octanol–water partition coefficient (Wildman–Crippen LogP) is 4.00. The monoisotopic (exact) mass is 562 g/mol. The van der Waals surface area contributed by atoms with E-state index < -0.39 is 10.0 Å². The highest BCUT2D eigenvalue weighted by atomic mass is 127. The number of halogens is 2. The summed E-state index contributed by atoms with van der Waals surface area (Å²) >= 11 is 6.02. The van der Waals surface area contributed by atoms with Crippen molar-refractivity contribution in [1.29, 1.82) is 0 Å². The number of nitrogens with one attached hydrogen (secondary N) is 2. The number of benzene rings is 2. The van der Waals surface area contributed by atoms with Crippen LogP contribution in [0.3, 0.4) is 0 Å². The Balaban J connectivity index is 0.00000320. The number of hydrogen-bond acceptors (Lipinski definition) is 3. The first kappa shape index (κ1) is 24.9. The van der Waals surface area contributed by atoms with Crippen LogP contribution in [0.4, 0.5) is 0 Å². The van der Waals surface area contributed by atoms with Gasteiger partial charge in [-0.15, -0.1) is 24.0 Å². The van der Waals surface area contributed by atoms with Gasteiger partial charge in [0.1, 0.15) is 0 Å².